The summed E-state index contributed by atoms with van der Waals surface area (Å²) < 4.78 is 0. The van der Waals surface area contributed by atoms with Crippen molar-refractivity contribution in [3.05, 3.63) is 23.0 Å². The third-order valence-corrected chi connectivity index (χ3v) is 3.69. The maximum Gasteiger partial charge on any atom is 0.307 e. The molecule has 0 unspecified atom stereocenters. The van der Waals surface area contributed by atoms with Gasteiger partial charge in [0.1, 0.15) is 5.15 Å². The smallest absolute Gasteiger partial charge is 0.307 e. The van der Waals surface area contributed by atoms with Crippen LogP contribution in [0.4, 0.5) is 5.69 Å². The van der Waals surface area contributed by atoms with Crippen LogP contribution in [0.2, 0.25) is 5.15 Å². The zero-order valence-electron chi connectivity index (χ0n) is 10.5. The number of aliphatic carboxylic acids is 1. The van der Waals surface area contributed by atoms with E-state index in [4.69, 9.17) is 16.7 Å². The fourth-order valence-corrected chi connectivity index (χ4v) is 2.65. The number of hydrogen-bond acceptors (Lipinski definition) is 3. The van der Waals surface area contributed by atoms with Gasteiger partial charge in [0.05, 0.1) is 23.2 Å². The molecule has 1 aliphatic carbocycles. The number of hydrogen-bond donors (Lipinski definition) is 2. The van der Waals surface area contributed by atoms with Gasteiger partial charge < -0.3 is 10.4 Å². The number of amides is 1. The first-order valence-electron chi connectivity index (χ1n) is 6.16. The largest absolute Gasteiger partial charge is 0.481 e. The summed E-state index contributed by atoms with van der Waals surface area (Å²) in [6.45, 7) is 1.74. The van der Waals surface area contributed by atoms with Crippen LogP contribution in [-0.4, -0.2) is 22.0 Å². The molecular weight excluding hydrogens is 268 g/mol. The Hall–Kier alpha value is -1.62. The zero-order chi connectivity index (χ0) is 14.0. The highest BCUT2D eigenvalue weighted by Gasteiger charge is 2.37. The molecule has 0 aromatic carbocycles. The Morgan fingerprint density at radius 1 is 1.37 bits per heavy atom. The highest BCUT2D eigenvalue weighted by Crippen LogP contribution is 2.33. The number of halogens is 1. The van der Waals surface area contributed by atoms with Gasteiger partial charge in [-0.05, 0) is 31.9 Å². The van der Waals surface area contributed by atoms with Gasteiger partial charge in [-0.1, -0.05) is 18.0 Å². The van der Waals surface area contributed by atoms with Gasteiger partial charge in [-0.2, -0.15) is 0 Å². The van der Waals surface area contributed by atoms with E-state index in [9.17, 15) is 9.59 Å². The van der Waals surface area contributed by atoms with E-state index >= 15 is 0 Å². The van der Waals surface area contributed by atoms with E-state index in [1.807, 2.05) is 0 Å². The van der Waals surface area contributed by atoms with Crippen molar-refractivity contribution < 1.29 is 14.7 Å². The molecule has 0 saturated heterocycles. The predicted octanol–water partition coefficient (Wildman–Crippen LogP) is 2.48. The van der Waals surface area contributed by atoms with Gasteiger partial charge >= 0.3 is 5.97 Å². The minimum atomic E-state index is -0.899. The molecule has 0 radical (unpaired) electrons. The van der Waals surface area contributed by atoms with Crippen molar-refractivity contribution in [1.29, 1.82) is 0 Å². The molecule has 1 amide bonds. The van der Waals surface area contributed by atoms with Crippen LogP contribution >= 0.6 is 11.6 Å². The Balaban J connectivity index is 2.10. The molecule has 5 nitrogen and oxygen atoms in total. The first-order chi connectivity index (χ1) is 8.99. The fourth-order valence-electron chi connectivity index (χ4n) is 2.46. The molecule has 0 spiro atoms. The minimum absolute atomic E-state index is 0.253. The van der Waals surface area contributed by atoms with Crippen molar-refractivity contribution in [1.82, 2.24) is 4.98 Å². The van der Waals surface area contributed by atoms with Gasteiger partial charge in [0.15, 0.2) is 0 Å². The lowest BCUT2D eigenvalue weighted by atomic mass is 9.95. The average molecular weight is 283 g/mol. The molecule has 1 aromatic heterocycles. The summed E-state index contributed by atoms with van der Waals surface area (Å²) in [6, 6.07) is 3.26. The Kier molecular flexibility index (Phi) is 4.04. The van der Waals surface area contributed by atoms with Gasteiger partial charge in [-0.3, -0.25) is 9.59 Å². The molecule has 0 aliphatic heterocycles. The summed E-state index contributed by atoms with van der Waals surface area (Å²) in [5.41, 5.74) is 1.19. The van der Waals surface area contributed by atoms with Crippen molar-refractivity contribution in [2.45, 2.75) is 26.2 Å². The van der Waals surface area contributed by atoms with Crippen LogP contribution in [0.1, 0.15) is 25.0 Å². The van der Waals surface area contributed by atoms with Crippen LogP contribution in [0.5, 0.6) is 0 Å². The normalized spacial score (nSPS) is 22.2. The number of carbonyl (C=O) groups excluding carboxylic acids is 1. The maximum absolute atomic E-state index is 12.1. The number of aromatic nitrogens is 1. The lowest BCUT2D eigenvalue weighted by molar-refractivity contribution is -0.145. The predicted molar refractivity (Wildman–Crippen MR) is 71.1 cm³/mol. The van der Waals surface area contributed by atoms with E-state index in [0.717, 1.165) is 6.42 Å². The van der Waals surface area contributed by atoms with Crippen molar-refractivity contribution >= 4 is 29.2 Å². The number of carbonyl (C=O) groups is 2. The average Bonchev–Trinajstić information content (AvgIpc) is 2.82. The molecular formula is C13H15ClN2O3. The van der Waals surface area contributed by atoms with Crippen LogP contribution in [-0.2, 0) is 9.59 Å². The first kappa shape index (κ1) is 13.8. The topological polar surface area (TPSA) is 79.3 Å². The highest BCUT2D eigenvalue weighted by molar-refractivity contribution is 6.29. The van der Waals surface area contributed by atoms with E-state index in [-0.39, 0.29) is 5.91 Å². The van der Waals surface area contributed by atoms with E-state index in [2.05, 4.69) is 10.3 Å². The molecule has 0 bridgehead atoms. The Bertz CT molecular complexity index is 519. The van der Waals surface area contributed by atoms with Crippen LogP contribution < -0.4 is 5.32 Å². The number of carboxylic acids is 1. The molecule has 1 heterocycles. The van der Waals surface area contributed by atoms with Gasteiger partial charge in [0.2, 0.25) is 5.91 Å². The van der Waals surface area contributed by atoms with Gasteiger partial charge in [0, 0.05) is 0 Å². The summed E-state index contributed by atoms with van der Waals surface area (Å²) >= 11 is 5.74. The van der Waals surface area contributed by atoms with E-state index < -0.39 is 17.8 Å². The number of nitrogens with zero attached hydrogens (tertiary/aromatic N) is 1. The van der Waals surface area contributed by atoms with Gasteiger partial charge in [-0.15, -0.1) is 0 Å². The molecule has 1 aromatic rings. The number of carboxylic acid groups (broad SMARTS) is 1. The fraction of sp³-hybridized carbons (Fsp3) is 0.462. The molecule has 2 N–H and O–H groups in total. The van der Waals surface area contributed by atoms with E-state index in [1.54, 1.807) is 19.1 Å². The van der Waals surface area contributed by atoms with Crippen molar-refractivity contribution in [3.8, 4) is 0 Å². The van der Waals surface area contributed by atoms with Gasteiger partial charge in [0.25, 0.3) is 0 Å². The van der Waals surface area contributed by atoms with Crippen LogP contribution in [0.25, 0.3) is 0 Å². The molecule has 1 aliphatic rings. The third kappa shape index (κ3) is 3.04. The van der Waals surface area contributed by atoms with E-state index in [1.165, 1.54) is 0 Å². The Morgan fingerprint density at radius 3 is 2.68 bits per heavy atom. The zero-order valence-corrected chi connectivity index (χ0v) is 11.3. The third-order valence-electron chi connectivity index (χ3n) is 3.48. The lowest BCUT2D eigenvalue weighted by Gasteiger charge is -2.16. The van der Waals surface area contributed by atoms with Crippen molar-refractivity contribution in [2.24, 2.45) is 11.8 Å². The molecule has 6 heteroatoms. The molecule has 19 heavy (non-hydrogen) atoms. The lowest BCUT2D eigenvalue weighted by Crippen LogP contribution is -2.30. The number of rotatable bonds is 3. The second kappa shape index (κ2) is 5.57. The number of anilines is 1. The summed E-state index contributed by atoms with van der Waals surface area (Å²) in [7, 11) is 0. The molecule has 1 saturated carbocycles. The quantitative estimate of drug-likeness (QED) is 0.835. The molecule has 102 valence electrons. The van der Waals surface area contributed by atoms with E-state index in [0.29, 0.717) is 29.4 Å². The second-order valence-electron chi connectivity index (χ2n) is 4.74. The summed E-state index contributed by atoms with van der Waals surface area (Å²) in [5, 5.41) is 12.2. The first-order valence-corrected chi connectivity index (χ1v) is 6.53. The summed E-state index contributed by atoms with van der Waals surface area (Å²) in [5.74, 6) is -2.20. The van der Waals surface area contributed by atoms with Crippen molar-refractivity contribution in [2.75, 3.05) is 5.32 Å². The molecule has 2 atom stereocenters. The Morgan fingerprint density at radius 2 is 2.05 bits per heavy atom. The highest BCUT2D eigenvalue weighted by atomic mass is 35.5. The molecule has 2 rings (SSSR count). The van der Waals surface area contributed by atoms with Crippen LogP contribution in [0.3, 0.4) is 0 Å². The standard InChI is InChI=1S/C13H15ClN2O3/c1-7-10(5-6-11(14)15-7)16-12(17)8-3-2-4-9(8)13(18)19/h5-6,8-9H,2-4H2,1H3,(H,16,17)(H,18,19)/t8-,9+/m1/s1. The number of aryl methyl sites for hydroxylation is 1. The number of nitrogens with one attached hydrogen (secondary N) is 1. The summed E-state index contributed by atoms with van der Waals surface area (Å²) in [6.07, 6.45) is 1.95. The maximum atomic E-state index is 12.1. The second-order valence-corrected chi connectivity index (χ2v) is 5.13. The molecule has 1 fully saturated rings. The summed E-state index contributed by atoms with van der Waals surface area (Å²) in [4.78, 5) is 27.2. The van der Waals surface area contributed by atoms with Gasteiger partial charge in [-0.25, -0.2) is 4.98 Å². The minimum Gasteiger partial charge on any atom is -0.481 e. The number of pyridine rings is 1. The Labute approximate surface area is 116 Å². The van der Waals surface area contributed by atoms with Crippen LogP contribution in [0.15, 0.2) is 12.1 Å². The van der Waals surface area contributed by atoms with Crippen LogP contribution in [0, 0.1) is 18.8 Å². The SMILES string of the molecule is Cc1nc(Cl)ccc1NC(=O)[C@@H]1CCC[C@@H]1C(=O)O. The monoisotopic (exact) mass is 282 g/mol. The van der Waals surface area contributed by atoms with Crippen molar-refractivity contribution in [3.63, 3.8) is 0 Å².